The van der Waals surface area contributed by atoms with E-state index < -0.39 is 9.84 Å². The predicted octanol–water partition coefficient (Wildman–Crippen LogP) is 2.11. The first-order valence-corrected chi connectivity index (χ1v) is 9.48. The monoisotopic (exact) mass is 372 g/mol. The molecule has 0 aliphatic carbocycles. The Balaban J connectivity index is 1.64. The summed E-state index contributed by atoms with van der Waals surface area (Å²) in [5.41, 5.74) is 1.37. The lowest BCUT2D eigenvalue weighted by Crippen LogP contribution is -2.14. The molecule has 9 heteroatoms. The molecule has 0 aliphatic rings. The van der Waals surface area contributed by atoms with Crippen LogP contribution in [0.3, 0.4) is 0 Å². The average Bonchev–Trinajstić information content (AvgIpc) is 3.11. The van der Waals surface area contributed by atoms with E-state index in [9.17, 15) is 13.2 Å². The number of sulfone groups is 1. The Hall–Kier alpha value is -3.07. The lowest BCUT2D eigenvalue weighted by molar-refractivity contribution is -0.115. The fourth-order valence-corrected chi connectivity index (χ4v) is 3.10. The second kappa shape index (κ2) is 7.44. The zero-order valence-corrected chi connectivity index (χ0v) is 14.7. The Labute approximate surface area is 150 Å². The van der Waals surface area contributed by atoms with Gasteiger partial charge in [-0.25, -0.2) is 8.42 Å². The molecule has 3 aromatic rings. The maximum atomic E-state index is 12.1. The summed E-state index contributed by atoms with van der Waals surface area (Å²) in [6.45, 7) is 1.58. The Morgan fingerprint density at radius 1 is 1.08 bits per heavy atom. The van der Waals surface area contributed by atoms with Crippen LogP contribution in [0.5, 0.6) is 0 Å². The molecule has 2 heterocycles. The van der Waals surface area contributed by atoms with E-state index in [0.29, 0.717) is 11.1 Å². The number of nitrogens with zero attached hydrogens (tertiary/aromatic N) is 3. The Morgan fingerprint density at radius 2 is 1.77 bits per heavy atom. The van der Waals surface area contributed by atoms with Crippen molar-refractivity contribution in [3.8, 4) is 11.5 Å². The summed E-state index contributed by atoms with van der Waals surface area (Å²) in [4.78, 5) is 16.2. The normalized spacial score (nSPS) is 11.3. The quantitative estimate of drug-likeness (QED) is 0.704. The second-order valence-corrected chi connectivity index (χ2v) is 7.70. The van der Waals surface area contributed by atoms with Gasteiger partial charge < -0.3 is 4.42 Å². The minimum Gasteiger partial charge on any atom is -0.403 e. The number of aromatic nitrogens is 3. The van der Waals surface area contributed by atoms with Crippen molar-refractivity contribution in [2.75, 3.05) is 11.1 Å². The number of benzene rings is 1. The molecule has 0 saturated carbocycles. The third-order valence-corrected chi connectivity index (χ3v) is 5.38. The molecule has 0 bridgehead atoms. The molecular weight excluding hydrogens is 356 g/mol. The number of carbonyl (C=O) groups excluding carboxylic acids is 1. The van der Waals surface area contributed by atoms with Crippen LogP contribution in [0.4, 0.5) is 6.01 Å². The van der Waals surface area contributed by atoms with Crippen molar-refractivity contribution in [3.05, 3.63) is 54.4 Å². The van der Waals surface area contributed by atoms with Gasteiger partial charge in [0.25, 0.3) is 0 Å². The van der Waals surface area contributed by atoms with Crippen molar-refractivity contribution < 1.29 is 17.6 Å². The number of amides is 1. The number of pyridine rings is 1. The highest BCUT2D eigenvalue weighted by molar-refractivity contribution is 7.91. The van der Waals surface area contributed by atoms with E-state index in [4.69, 9.17) is 4.42 Å². The summed E-state index contributed by atoms with van der Waals surface area (Å²) in [5, 5.41) is 10.2. The van der Waals surface area contributed by atoms with E-state index in [2.05, 4.69) is 20.5 Å². The summed E-state index contributed by atoms with van der Waals surface area (Å²) >= 11 is 0. The average molecular weight is 372 g/mol. The summed E-state index contributed by atoms with van der Waals surface area (Å²) in [6.07, 6.45) is 3.25. The van der Waals surface area contributed by atoms with E-state index in [0.717, 1.165) is 0 Å². The van der Waals surface area contributed by atoms with E-state index in [1.807, 2.05) is 0 Å². The van der Waals surface area contributed by atoms with Crippen LogP contribution < -0.4 is 5.32 Å². The van der Waals surface area contributed by atoms with Crippen LogP contribution >= 0.6 is 0 Å². The lowest BCUT2D eigenvalue weighted by atomic mass is 10.1. The van der Waals surface area contributed by atoms with Gasteiger partial charge in [0.2, 0.25) is 11.8 Å². The van der Waals surface area contributed by atoms with Crippen LogP contribution in [-0.2, 0) is 21.1 Å². The number of hydrogen-bond donors (Lipinski definition) is 1. The van der Waals surface area contributed by atoms with Crippen molar-refractivity contribution in [1.82, 2.24) is 15.2 Å². The molecule has 0 atom stereocenters. The van der Waals surface area contributed by atoms with Crippen LogP contribution in [-0.4, -0.2) is 35.3 Å². The van der Waals surface area contributed by atoms with Crippen LogP contribution in [0.25, 0.3) is 11.5 Å². The fourth-order valence-electron chi connectivity index (χ4n) is 2.22. The molecule has 1 N–H and O–H groups in total. The van der Waals surface area contributed by atoms with Gasteiger partial charge in [-0.3, -0.25) is 15.1 Å². The molecule has 3 rings (SSSR count). The SMILES string of the molecule is CCS(=O)(=O)c1ccc(CC(=O)Nc2nnc(-c3ccncc3)o2)cc1. The van der Waals surface area contributed by atoms with Crippen molar-refractivity contribution in [2.24, 2.45) is 0 Å². The molecule has 0 aliphatic heterocycles. The summed E-state index contributed by atoms with van der Waals surface area (Å²) < 4.78 is 29.0. The molecule has 0 unspecified atom stereocenters. The molecule has 2 aromatic heterocycles. The molecule has 0 spiro atoms. The highest BCUT2D eigenvalue weighted by Gasteiger charge is 2.14. The van der Waals surface area contributed by atoms with E-state index in [-0.39, 0.29) is 34.9 Å². The smallest absolute Gasteiger partial charge is 0.322 e. The molecule has 0 fully saturated rings. The van der Waals surface area contributed by atoms with Gasteiger partial charge in [-0.2, -0.15) is 0 Å². The Morgan fingerprint density at radius 3 is 2.42 bits per heavy atom. The van der Waals surface area contributed by atoms with Gasteiger partial charge in [0, 0.05) is 18.0 Å². The minimum absolute atomic E-state index is 0.00741. The summed E-state index contributed by atoms with van der Waals surface area (Å²) in [7, 11) is -3.25. The molecule has 0 saturated heterocycles. The molecular formula is C17H16N4O4S. The van der Waals surface area contributed by atoms with E-state index in [1.54, 1.807) is 43.6 Å². The lowest BCUT2D eigenvalue weighted by Gasteiger charge is -2.04. The predicted molar refractivity (Wildman–Crippen MR) is 94.0 cm³/mol. The Bertz CT molecular complexity index is 999. The molecule has 8 nitrogen and oxygen atoms in total. The van der Waals surface area contributed by atoms with Crippen molar-refractivity contribution in [3.63, 3.8) is 0 Å². The number of anilines is 1. The number of hydrogen-bond acceptors (Lipinski definition) is 7. The van der Waals surface area contributed by atoms with Gasteiger partial charge in [0.1, 0.15) is 0 Å². The maximum Gasteiger partial charge on any atom is 0.322 e. The van der Waals surface area contributed by atoms with Crippen molar-refractivity contribution >= 4 is 21.8 Å². The van der Waals surface area contributed by atoms with Gasteiger partial charge in [-0.1, -0.05) is 24.2 Å². The minimum atomic E-state index is -3.25. The first-order valence-electron chi connectivity index (χ1n) is 7.83. The van der Waals surface area contributed by atoms with Crippen LogP contribution in [0.1, 0.15) is 12.5 Å². The number of rotatable bonds is 6. The number of nitrogens with one attached hydrogen (secondary N) is 1. The highest BCUT2D eigenvalue weighted by Crippen LogP contribution is 2.19. The summed E-state index contributed by atoms with van der Waals surface area (Å²) in [5.74, 6) is -0.0399. The molecule has 26 heavy (non-hydrogen) atoms. The molecule has 1 amide bonds. The topological polar surface area (TPSA) is 115 Å². The van der Waals surface area contributed by atoms with Crippen LogP contribution in [0, 0.1) is 0 Å². The van der Waals surface area contributed by atoms with E-state index in [1.165, 1.54) is 12.1 Å². The zero-order valence-electron chi connectivity index (χ0n) is 13.9. The van der Waals surface area contributed by atoms with Crippen LogP contribution in [0.2, 0.25) is 0 Å². The third kappa shape index (κ3) is 4.12. The van der Waals surface area contributed by atoms with Crippen LogP contribution in [0.15, 0.2) is 58.1 Å². The first kappa shape index (κ1) is 17.7. The zero-order chi connectivity index (χ0) is 18.6. The summed E-state index contributed by atoms with van der Waals surface area (Å²) in [6, 6.07) is 9.63. The number of carbonyl (C=O) groups is 1. The molecule has 134 valence electrons. The maximum absolute atomic E-state index is 12.1. The Kier molecular flexibility index (Phi) is 5.08. The van der Waals surface area contributed by atoms with Crippen molar-refractivity contribution in [2.45, 2.75) is 18.2 Å². The second-order valence-electron chi connectivity index (χ2n) is 5.42. The third-order valence-electron chi connectivity index (χ3n) is 3.63. The van der Waals surface area contributed by atoms with Gasteiger partial charge in [-0.15, -0.1) is 5.10 Å². The highest BCUT2D eigenvalue weighted by atomic mass is 32.2. The largest absolute Gasteiger partial charge is 0.403 e. The fraction of sp³-hybridized carbons (Fsp3) is 0.176. The van der Waals surface area contributed by atoms with E-state index >= 15 is 0 Å². The van der Waals surface area contributed by atoms with Crippen molar-refractivity contribution in [1.29, 1.82) is 0 Å². The standard InChI is InChI=1S/C17H16N4O4S/c1-2-26(23,24)14-5-3-12(4-6-14)11-15(22)19-17-21-20-16(25-17)13-7-9-18-10-8-13/h3-10H,2,11H2,1H3,(H,19,21,22). The molecule has 0 radical (unpaired) electrons. The molecule has 1 aromatic carbocycles. The van der Waals surface area contributed by atoms with Gasteiger partial charge >= 0.3 is 6.01 Å². The van der Waals surface area contributed by atoms with Gasteiger partial charge in [0.15, 0.2) is 9.84 Å². The first-order chi connectivity index (χ1) is 12.5. The van der Waals surface area contributed by atoms with Gasteiger partial charge in [-0.05, 0) is 29.8 Å². The van der Waals surface area contributed by atoms with Gasteiger partial charge in [0.05, 0.1) is 17.1 Å².